The fraction of sp³-hybridized carbons (Fsp3) is 0.667. The molecule has 1 aliphatic heterocycles. The van der Waals surface area contributed by atoms with Crippen LogP contribution in [0.1, 0.15) is 59.4 Å². The molecular weight excluding hydrogens is 334 g/mol. The lowest BCUT2D eigenvalue weighted by Crippen LogP contribution is -2.51. The molecule has 0 aromatic heterocycles. The van der Waals surface area contributed by atoms with Gasteiger partial charge in [-0.3, -0.25) is 0 Å². The van der Waals surface area contributed by atoms with Gasteiger partial charge in [-0.2, -0.15) is 0 Å². The van der Waals surface area contributed by atoms with Crippen molar-refractivity contribution >= 4 is 0 Å². The van der Waals surface area contributed by atoms with Gasteiger partial charge in [-0.1, -0.05) is 53.3 Å². The molecule has 152 valence electrons. The minimum absolute atomic E-state index is 0.132. The van der Waals surface area contributed by atoms with E-state index in [9.17, 15) is 5.11 Å². The van der Waals surface area contributed by atoms with Crippen LogP contribution < -0.4 is 4.74 Å². The largest absolute Gasteiger partial charge is 0.491 e. The normalized spacial score (nSPS) is 18.3. The third kappa shape index (κ3) is 6.65. The molecule has 2 rings (SSSR count). The van der Waals surface area contributed by atoms with E-state index in [1.54, 1.807) is 0 Å². The summed E-state index contributed by atoms with van der Waals surface area (Å²) in [4.78, 5) is 0. The first-order valence-electron chi connectivity index (χ1n) is 10.4. The Labute approximate surface area is 166 Å². The highest BCUT2D eigenvalue weighted by Gasteiger charge is 2.33. The maximum absolute atomic E-state index is 10.5. The Balaban J connectivity index is 1.90. The fourth-order valence-electron chi connectivity index (χ4n) is 4.84. The molecular formula is C24H40NO2+. The molecule has 1 aliphatic rings. The van der Waals surface area contributed by atoms with Gasteiger partial charge < -0.3 is 14.3 Å². The lowest BCUT2D eigenvalue weighted by molar-refractivity contribution is -0.914. The maximum atomic E-state index is 10.5. The average molecular weight is 375 g/mol. The van der Waals surface area contributed by atoms with Crippen molar-refractivity contribution in [2.24, 2.45) is 5.41 Å². The number of hydrogen-bond donors (Lipinski definition) is 1. The summed E-state index contributed by atoms with van der Waals surface area (Å²) in [5.74, 6) is 0.834. The fourth-order valence-corrected chi connectivity index (χ4v) is 4.84. The molecule has 0 radical (unpaired) electrons. The number of hydrogen-bond acceptors (Lipinski definition) is 2. The van der Waals surface area contributed by atoms with Gasteiger partial charge in [0.1, 0.15) is 25.0 Å². The third-order valence-corrected chi connectivity index (χ3v) is 5.68. The monoisotopic (exact) mass is 374 g/mol. The van der Waals surface area contributed by atoms with Crippen LogP contribution in [0.25, 0.3) is 0 Å². The number of rotatable bonds is 9. The van der Waals surface area contributed by atoms with E-state index in [1.807, 2.05) is 18.2 Å². The van der Waals surface area contributed by atoms with E-state index in [0.717, 1.165) is 42.8 Å². The minimum atomic E-state index is -0.444. The molecule has 3 nitrogen and oxygen atoms in total. The first kappa shape index (κ1) is 22.0. The number of aliphatic hydroxyl groups excluding tert-OH is 1. The van der Waals surface area contributed by atoms with E-state index in [-0.39, 0.29) is 5.41 Å². The molecule has 1 atom stereocenters. The standard InChI is InChI=1S/C24H40NO2/c1-7-14-25(15-8-9-16-25)17-21(26)18-27-22-12-10-20(11-13-22)24(5,6)19-23(2,3)4/h7,10-13,21,26H,1,8-9,14-19H2,2-6H3/q+1/t21-/m1/s1. The van der Waals surface area contributed by atoms with Gasteiger partial charge in [0.15, 0.2) is 0 Å². The highest BCUT2D eigenvalue weighted by Crippen LogP contribution is 2.36. The SMILES string of the molecule is C=CC[N+]1(C[C@@H](O)COc2ccc(C(C)(C)CC(C)(C)C)cc2)CCCC1. The second-order valence-electron chi connectivity index (χ2n) is 10.3. The molecule has 1 heterocycles. The van der Waals surface area contributed by atoms with Gasteiger partial charge in [-0.25, -0.2) is 0 Å². The van der Waals surface area contributed by atoms with Crippen LogP contribution in [0.2, 0.25) is 0 Å². The smallest absolute Gasteiger partial charge is 0.137 e. The van der Waals surface area contributed by atoms with E-state index in [2.05, 4.69) is 53.3 Å². The molecule has 1 N–H and O–H groups in total. The predicted molar refractivity (Wildman–Crippen MR) is 114 cm³/mol. The Kier molecular flexibility index (Phi) is 7.15. The van der Waals surface area contributed by atoms with Crippen molar-refractivity contribution < 1.29 is 14.3 Å². The number of likely N-dealkylation sites (tertiary alicyclic amines) is 1. The molecule has 0 saturated carbocycles. The average Bonchev–Trinajstić information content (AvgIpc) is 2.99. The number of nitrogens with zero attached hydrogens (tertiary/aromatic N) is 1. The second kappa shape index (κ2) is 8.79. The lowest BCUT2D eigenvalue weighted by atomic mass is 9.72. The van der Waals surface area contributed by atoms with Crippen molar-refractivity contribution in [1.29, 1.82) is 0 Å². The van der Waals surface area contributed by atoms with E-state index >= 15 is 0 Å². The van der Waals surface area contributed by atoms with Crippen molar-refractivity contribution in [3.63, 3.8) is 0 Å². The van der Waals surface area contributed by atoms with Crippen molar-refractivity contribution in [3.8, 4) is 5.75 Å². The van der Waals surface area contributed by atoms with Gasteiger partial charge in [-0.15, -0.1) is 0 Å². The highest BCUT2D eigenvalue weighted by molar-refractivity contribution is 5.31. The molecule has 1 aromatic rings. The van der Waals surface area contributed by atoms with Crippen LogP contribution in [0, 0.1) is 5.41 Å². The number of quaternary nitrogens is 1. The Morgan fingerprint density at radius 2 is 1.70 bits per heavy atom. The summed E-state index contributed by atoms with van der Waals surface area (Å²) < 4.78 is 6.84. The molecule has 0 bridgehead atoms. The molecule has 1 aromatic carbocycles. The molecule has 1 fully saturated rings. The Morgan fingerprint density at radius 1 is 1.11 bits per heavy atom. The quantitative estimate of drug-likeness (QED) is 0.490. The summed E-state index contributed by atoms with van der Waals surface area (Å²) in [6.45, 7) is 19.7. The van der Waals surface area contributed by atoms with Gasteiger partial charge in [0.05, 0.1) is 19.6 Å². The van der Waals surface area contributed by atoms with Crippen LogP contribution in [-0.2, 0) is 5.41 Å². The molecule has 0 spiro atoms. The Hall–Kier alpha value is -1.32. The van der Waals surface area contributed by atoms with Crippen molar-refractivity contribution in [2.75, 3.05) is 32.8 Å². The number of ether oxygens (including phenoxy) is 1. The third-order valence-electron chi connectivity index (χ3n) is 5.68. The molecule has 1 saturated heterocycles. The minimum Gasteiger partial charge on any atom is -0.491 e. The highest BCUT2D eigenvalue weighted by atomic mass is 16.5. The second-order valence-corrected chi connectivity index (χ2v) is 10.3. The van der Waals surface area contributed by atoms with Crippen LogP contribution in [0.4, 0.5) is 0 Å². The molecule has 3 heteroatoms. The van der Waals surface area contributed by atoms with E-state index in [0.29, 0.717) is 12.0 Å². The zero-order valence-corrected chi connectivity index (χ0v) is 18.1. The number of aliphatic hydroxyl groups is 1. The van der Waals surface area contributed by atoms with E-state index < -0.39 is 6.10 Å². The molecule has 0 unspecified atom stereocenters. The first-order chi connectivity index (χ1) is 12.6. The van der Waals surface area contributed by atoms with Crippen LogP contribution in [0.3, 0.4) is 0 Å². The topological polar surface area (TPSA) is 29.5 Å². The van der Waals surface area contributed by atoms with Gasteiger partial charge >= 0.3 is 0 Å². The summed E-state index contributed by atoms with van der Waals surface area (Å²) in [5, 5.41) is 10.5. The van der Waals surface area contributed by atoms with Crippen molar-refractivity contribution in [3.05, 3.63) is 42.5 Å². The summed E-state index contributed by atoms with van der Waals surface area (Å²) in [5.41, 5.74) is 1.76. The predicted octanol–water partition coefficient (Wildman–Crippen LogP) is 4.94. The summed E-state index contributed by atoms with van der Waals surface area (Å²) in [6.07, 6.45) is 5.15. The molecule has 0 amide bonds. The summed E-state index contributed by atoms with van der Waals surface area (Å²) >= 11 is 0. The van der Waals surface area contributed by atoms with Crippen molar-refractivity contribution in [2.45, 2.75) is 65.4 Å². The maximum Gasteiger partial charge on any atom is 0.137 e. The zero-order chi connectivity index (χ0) is 20.1. The lowest BCUT2D eigenvalue weighted by Gasteiger charge is -2.35. The van der Waals surface area contributed by atoms with E-state index in [4.69, 9.17) is 4.74 Å². The van der Waals surface area contributed by atoms with Crippen LogP contribution >= 0.6 is 0 Å². The van der Waals surface area contributed by atoms with Crippen molar-refractivity contribution in [1.82, 2.24) is 0 Å². The molecule has 0 aliphatic carbocycles. The number of benzene rings is 1. The zero-order valence-electron chi connectivity index (χ0n) is 18.1. The van der Waals surface area contributed by atoms with Gasteiger partial charge in [0.25, 0.3) is 0 Å². The first-order valence-corrected chi connectivity index (χ1v) is 10.4. The van der Waals surface area contributed by atoms with Crippen LogP contribution in [-0.4, -0.2) is 48.5 Å². The van der Waals surface area contributed by atoms with Crippen LogP contribution in [0.5, 0.6) is 5.75 Å². The summed E-state index contributed by atoms with van der Waals surface area (Å²) in [7, 11) is 0. The van der Waals surface area contributed by atoms with Gasteiger partial charge in [-0.05, 0) is 41.0 Å². The Morgan fingerprint density at radius 3 is 2.22 bits per heavy atom. The van der Waals surface area contributed by atoms with Gasteiger partial charge in [0.2, 0.25) is 0 Å². The van der Waals surface area contributed by atoms with Crippen LogP contribution in [0.15, 0.2) is 36.9 Å². The van der Waals surface area contributed by atoms with Gasteiger partial charge in [0, 0.05) is 12.8 Å². The summed E-state index contributed by atoms with van der Waals surface area (Å²) in [6, 6.07) is 8.41. The molecule has 27 heavy (non-hydrogen) atoms. The van der Waals surface area contributed by atoms with E-state index in [1.165, 1.54) is 18.4 Å². The Bertz CT molecular complexity index is 592.